The van der Waals surface area contributed by atoms with Gasteiger partial charge in [-0.1, -0.05) is 24.3 Å². The minimum atomic E-state index is -0.455. The molecule has 102 valence electrons. The number of methoxy groups -OCH3 is 1. The second-order valence-electron chi connectivity index (χ2n) is 3.91. The molecule has 0 amide bonds. The van der Waals surface area contributed by atoms with Gasteiger partial charge < -0.3 is 4.74 Å². The molecule has 0 aliphatic carbocycles. The molecule has 2 aromatic rings. The van der Waals surface area contributed by atoms with Crippen LogP contribution in [-0.2, 0) is 4.74 Å². The zero-order valence-electron chi connectivity index (χ0n) is 10.8. The summed E-state index contributed by atoms with van der Waals surface area (Å²) in [5.74, 6) is 0.400. The van der Waals surface area contributed by atoms with Gasteiger partial charge in [0.15, 0.2) is 0 Å². The van der Waals surface area contributed by atoms with Crippen LogP contribution in [0.5, 0.6) is 0 Å². The van der Waals surface area contributed by atoms with Crippen LogP contribution in [-0.4, -0.2) is 17.9 Å². The summed E-state index contributed by atoms with van der Waals surface area (Å²) in [5.41, 5.74) is 4.08. The topological polar surface area (TPSA) is 76.8 Å². The van der Waals surface area contributed by atoms with Gasteiger partial charge in [0.25, 0.3) is 5.69 Å². The van der Waals surface area contributed by atoms with E-state index in [0.29, 0.717) is 11.6 Å². The van der Waals surface area contributed by atoms with Gasteiger partial charge in [-0.2, -0.15) is 0 Å². The van der Waals surface area contributed by atoms with E-state index in [4.69, 9.17) is 4.74 Å². The monoisotopic (exact) mass is 271 g/mol. The van der Waals surface area contributed by atoms with Gasteiger partial charge in [-0.3, -0.25) is 15.5 Å². The lowest BCUT2D eigenvalue weighted by Crippen LogP contribution is -2.06. The fourth-order valence-corrected chi connectivity index (χ4v) is 1.61. The molecule has 0 saturated carbocycles. The van der Waals surface area contributed by atoms with E-state index < -0.39 is 4.92 Å². The van der Waals surface area contributed by atoms with Crippen LogP contribution in [0.25, 0.3) is 0 Å². The molecule has 0 spiro atoms. The van der Waals surface area contributed by atoms with Crippen LogP contribution in [0.2, 0.25) is 0 Å². The maximum Gasteiger partial charge on any atom is 0.271 e. The number of rotatable bonds is 4. The highest BCUT2D eigenvalue weighted by molar-refractivity contribution is 5.94. The average Bonchev–Trinajstić information content (AvgIpc) is 2.49. The Hall–Kier alpha value is -2.89. The number of nitrogens with one attached hydrogen (secondary N) is 1. The van der Waals surface area contributed by atoms with Gasteiger partial charge >= 0.3 is 0 Å². The van der Waals surface area contributed by atoms with Crippen LogP contribution in [0.1, 0.15) is 5.56 Å². The molecule has 6 heteroatoms. The van der Waals surface area contributed by atoms with Crippen molar-refractivity contribution in [3.8, 4) is 0 Å². The summed E-state index contributed by atoms with van der Waals surface area (Å²) >= 11 is 0. The summed E-state index contributed by atoms with van der Waals surface area (Å²) in [5, 5.41) is 14.8. The molecule has 0 heterocycles. The molecule has 0 bridgehead atoms. The van der Waals surface area contributed by atoms with Gasteiger partial charge in [0.05, 0.1) is 17.7 Å². The first kappa shape index (κ1) is 13.5. The van der Waals surface area contributed by atoms with Crippen molar-refractivity contribution in [1.29, 1.82) is 0 Å². The van der Waals surface area contributed by atoms with Gasteiger partial charge in [-0.25, -0.2) is 0 Å². The number of ether oxygens (including phenoxy) is 1. The van der Waals surface area contributed by atoms with Crippen LogP contribution < -0.4 is 5.43 Å². The number of hydrogen-bond donors (Lipinski definition) is 1. The molecule has 2 aromatic carbocycles. The molecule has 20 heavy (non-hydrogen) atoms. The summed E-state index contributed by atoms with van der Waals surface area (Å²) in [6.07, 6.45) is 0. The Morgan fingerprint density at radius 1 is 1.20 bits per heavy atom. The normalized spacial score (nSPS) is 10.9. The van der Waals surface area contributed by atoms with E-state index in [-0.39, 0.29) is 5.69 Å². The van der Waals surface area contributed by atoms with Crippen LogP contribution >= 0.6 is 0 Å². The lowest BCUT2D eigenvalue weighted by molar-refractivity contribution is -0.384. The molecule has 0 saturated heterocycles. The van der Waals surface area contributed by atoms with Crippen molar-refractivity contribution in [1.82, 2.24) is 0 Å². The third-order valence-corrected chi connectivity index (χ3v) is 2.56. The summed E-state index contributed by atoms with van der Waals surface area (Å²) < 4.78 is 5.19. The first-order valence-electron chi connectivity index (χ1n) is 5.88. The molecular weight excluding hydrogens is 258 g/mol. The largest absolute Gasteiger partial charge is 0.480 e. The Morgan fingerprint density at radius 2 is 1.95 bits per heavy atom. The number of non-ortho nitro benzene ring substituents is 1. The maximum atomic E-state index is 10.7. The summed E-state index contributed by atoms with van der Waals surface area (Å²) in [4.78, 5) is 10.2. The van der Waals surface area contributed by atoms with Crippen molar-refractivity contribution in [3.63, 3.8) is 0 Å². The molecule has 0 aliphatic rings. The molecule has 0 aliphatic heterocycles. The third-order valence-electron chi connectivity index (χ3n) is 2.56. The zero-order valence-corrected chi connectivity index (χ0v) is 10.8. The molecule has 0 unspecified atom stereocenters. The van der Waals surface area contributed by atoms with Crippen molar-refractivity contribution in [2.45, 2.75) is 0 Å². The second-order valence-corrected chi connectivity index (χ2v) is 3.91. The summed E-state index contributed by atoms with van der Waals surface area (Å²) in [7, 11) is 1.51. The Balaban J connectivity index is 2.19. The molecule has 1 N–H and O–H groups in total. The van der Waals surface area contributed by atoms with Crippen molar-refractivity contribution >= 4 is 17.3 Å². The first-order valence-corrected chi connectivity index (χ1v) is 5.88. The van der Waals surface area contributed by atoms with Crippen LogP contribution in [0.3, 0.4) is 0 Å². The predicted molar refractivity (Wildman–Crippen MR) is 76.7 cm³/mol. The smallest absolute Gasteiger partial charge is 0.271 e. The Labute approximate surface area is 115 Å². The van der Waals surface area contributed by atoms with Crippen LogP contribution in [0, 0.1) is 10.1 Å². The van der Waals surface area contributed by atoms with E-state index in [1.54, 1.807) is 12.1 Å². The van der Waals surface area contributed by atoms with Gasteiger partial charge in [-0.05, 0) is 18.2 Å². The summed E-state index contributed by atoms with van der Waals surface area (Å²) in [6.45, 7) is 0. The summed E-state index contributed by atoms with van der Waals surface area (Å²) in [6, 6.07) is 15.5. The van der Waals surface area contributed by atoms with Crippen molar-refractivity contribution < 1.29 is 9.66 Å². The first-order chi connectivity index (χ1) is 9.70. The van der Waals surface area contributed by atoms with Crippen molar-refractivity contribution in [2.24, 2.45) is 5.10 Å². The SMILES string of the molecule is CO/C(=N\Nc1cccc([N+](=O)[O-])c1)c1ccccc1. The van der Waals surface area contributed by atoms with Crippen LogP contribution in [0.15, 0.2) is 59.7 Å². The lowest BCUT2D eigenvalue weighted by Gasteiger charge is -2.06. The average molecular weight is 271 g/mol. The third kappa shape index (κ3) is 3.32. The maximum absolute atomic E-state index is 10.7. The number of hydrazone groups is 1. The van der Waals surface area contributed by atoms with E-state index >= 15 is 0 Å². The highest BCUT2D eigenvalue weighted by atomic mass is 16.6. The highest BCUT2D eigenvalue weighted by Gasteiger charge is 2.06. The van der Waals surface area contributed by atoms with E-state index in [2.05, 4.69) is 10.5 Å². The molecule has 2 rings (SSSR count). The van der Waals surface area contributed by atoms with Gasteiger partial charge in [0.1, 0.15) is 0 Å². The zero-order chi connectivity index (χ0) is 14.4. The van der Waals surface area contributed by atoms with Crippen molar-refractivity contribution in [2.75, 3.05) is 12.5 Å². The van der Waals surface area contributed by atoms with Gasteiger partial charge in [0, 0.05) is 17.7 Å². The van der Waals surface area contributed by atoms with E-state index in [1.165, 1.54) is 19.2 Å². The number of nitro groups is 1. The quantitative estimate of drug-likeness (QED) is 0.401. The highest BCUT2D eigenvalue weighted by Crippen LogP contribution is 2.17. The number of hydrogen-bond acceptors (Lipinski definition) is 5. The number of benzene rings is 2. The fraction of sp³-hybridized carbons (Fsp3) is 0.0714. The number of nitrogens with zero attached hydrogens (tertiary/aromatic N) is 2. The Morgan fingerprint density at radius 3 is 2.60 bits per heavy atom. The minimum Gasteiger partial charge on any atom is -0.480 e. The minimum absolute atomic E-state index is 0.00359. The van der Waals surface area contributed by atoms with Gasteiger partial charge in [0.2, 0.25) is 5.90 Å². The lowest BCUT2D eigenvalue weighted by atomic mass is 10.2. The Kier molecular flexibility index (Phi) is 4.28. The van der Waals surface area contributed by atoms with E-state index in [0.717, 1.165) is 5.56 Å². The number of anilines is 1. The predicted octanol–water partition coefficient (Wildman–Crippen LogP) is 3.01. The number of nitro benzene ring substituents is 1. The van der Waals surface area contributed by atoms with Gasteiger partial charge in [-0.15, -0.1) is 5.10 Å². The molecule has 0 fully saturated rings. The molecular formula is C14H13N3O3. The van der Waals surface area contributed by atoms with E-state index in [1.807, 2.05) is 30.3 Å². The molecule has 0 radical (unpaired) electrons. The second kappa shape index (κ2) is 6.33. The molecule has 0 aromatic heterocycles. The molecule has 0 atom stereocenters. The van der Waals surface area contributed by atoms with Crippen LogP contribution in [0.4, 0.5) is 11.4 Å². The fourth-order valence-electron chi connectivity index (χ4n) is 1.61. The Bertz CT molecular complexity index is 627. The standard InChI is InChI=1S/C14H13N3O3/c1-20-14(11-6-3-2-4-7-11)16-15-12-8-5-9-13(10-12)17(18)19/h2-10,15H,1H3/b16-14-. The van der Waals surface area contributed by atoms with Crippen molar-refractivity contribution in [3.05, 3.63) is 70.3 Å². The van der Waals surface area contributed by atoms with E-state index in [9.17, 15) is 10.1 Å². The molecule has 6 nitrogen and oxygen atoms in total.